The summed E-state index contributed by atoms with van der Waals surface area (Å²) >= 11 is 1.28. The van der Waals surface area contributed by atoms with Crippen LogP contribution < -0.4 is 0 Å². The summed E-state index contributed by atoms with van der Waals surface area (Å²) in [7, 11) is 3.62. The second kappa shape index (κ2) is 19.9. The van der Waals surface area contributed by atoms with E-state index in [-0.39, 0.29) is 65.9 Å². The van der Waals surface area contributed by atoms with Gasteiger partial charge in [-0.05, 0) is 63.5 Å². The highest BCUT2D eigenvalue weighted by Gasteiger charge is 2.47. The van der Waals surface area contributed by atoms with Crippen LogP contribution in [0.1, 0.15) is 51.5 Å². The van der Waals surface area contributed by atoms with Gasteiger partial charge in [0.2, 0.25) is 0 Å². The number of ether oxygens (including phenoxy) is 4. The van der Waals surface area contributed by atoms with E-state index in [1.54, 1.807) is 31.2 Å². The van der Waals surface area contributed by atoms with Crippen molar-refractivity contribution in [3.05, 3.63) is 136 Å². The minimum atomic E-state index is -1.88. The summed E-state index contributed by atoms with van der Waals surface area (Å²) in [5.74, 6) is -3.82. The molecule has 0 saturated carbocycles. The summed E-state index contributed by atoms with van der Waals surface area (Å²) in [4.78, 5) is 32.7. The highest BCUT2D eigenvalue weighted by Crippen LogP contribution is 2.42. The Morgan fingerprint density at radius 1 is 1.04 bits per heavy atom. The minimum Gasteiger partial charge on any atom is -0.461 e. The van der Waals surface area contributed by atoms with Crippen LogP contribution in [0.3, 0.4) is 0 Å². The Kier molecular flexibility index (Phi) is 14.8. The standard InChI is InChI=1S/C41H39F3N6O6S/c1-27(57-33-22-54-39(55-23-33)7-5-4-6-30-10-8-29(20-46)17-36(30)43)41(24-50-26-47-25-48-50,35-13-12-32(42)18-37(35)44)56-40(52)34-16-28(19-45)9-11-31(34)21-53-38(51)14-15-49(2)3/h4-13,16-18,25-27,33,39H,14-15,21-24H2,1-3H3/b6-4+,7-5+/t27-,33?,39?,41-/m1/s1. The molecule has 12 nitrogen and oxygen atoms in total. The molecule has 1 saturated heterocycles. The lowest BCUT2D eigenvalue weighted by Crippen LogP contribution is -2.47. The van der Waals surface area contributed by atoms with Gasteiger partial charge in [0.05, 0.1) is 60.3 Å². The van der Waals surface area contributed by atoms with Gasteiger partial charge in [0.1, 0.15) is 36.7 Å². The largest absolute Gasteiger partial charge is 0.461 e. The average Bonchev–Trinajstić information content (AvgIpc) is 3.71. The molecular formula is C41H39F3N6O6S. The minimum absolute atomic E-state index is 0.0907. The van der Waals surface area contributed by atoms with Gasteiger partial charge in [0, 0.05) is 34.6 Å². The average molecular weight is 801 g/mol. The molecule has 0 aliphatic carbocycles. The van der Waals surface area contributed by atoms with Crippen LogP contribution in [0.15, 0.2) is 85.5 Å². The van der Waals surface area contributed by atoms with Gasteiger partial charge in [0.25, 0.3) is 0 Å². The summed E-state index contributed by atoms with van der Waals surface area (Å²) in [6.45, 7) is 1.95. The van der Waals surface area contributed by atoms with Crippen LogP contribution in [0.4, 0.5) is 13.2 Å². The van der Waals surface area contributed by atoms with E-state index in [1.807, 2.05) is 31.1 Å². The maximum Gasteiger partial charge on any atom is 0.339 e. The zero-order chi connectivity index (χ0) is 41.0. The zero-order valence-corrected chi connectivity index (χ0v) is 32.1. The van der Waals surface area contributed by atoms with Crippen LogP contribution in [0.5, 0.6) is 0 Å². The van der Waals surface area contributed by atoms with E-state index in [9.17, 15) is 23.6 Å². The Bertz CT molecular complexity index is 2180. The van der Waals surface area contributed by atoms with Crippen molar-refractivity contribution in [2.24, 2.45) is 0 Å². The lowest BCUT2D eigenvalue weighted by molar-refractivity contribution is -0.146. The maximum absolute atomic E-state index is 16.0. The highest BCUT2D eigenvalue weighted by molar-refractivity contribution is 8.00. The van der Waals surface area contributed by atoms with E-state index in [0.29, 0.717) is 18.2 Å². The number of hydrogen-bond acceptors (Lipinski definition) is 12. The molecule has 5 rings (SSSR count). The molecule has 0 unspecified atom stereocenters. The van der Waals surface area contributed by atoms with E-state index < -0.39 is 46.5 Å². The van der Waals surface area contributed by atoms with Crippen LogP contribution in [-0.4, -0.2) is 82.2 Å². The molecule has 0 N–H and O–H groups in total. The number of nitriles is 2. The fraction of sp³-hybridized carbons (Fsp3) is 0.317. The normalized spacial score (nSPS) is 17.2. The third-order valence-corrected chi connectivity index (χ3v) is 10.3. The summed E-state index contributed by atoms with van der Waals surface area (Å²) < 4.78 is 69.6. The van der Waals surface area contributed by atoms with E-state index in [1.165, 1.54) is 65.5 Å². The van der Waals surface area contributed by atoms with Crippen molar-refractivity contribution in [3.8, 4) is 12.1 Å². The fourth-order valence-corrected chi connectivity index (χ4v) is 7.21. The maximum atomic E-state index is 16.0. The second-order valence-corrected chi connectivity index (χ2v) is 14.9. The molecule has 296 valence electrons. The predicted molar refractivity (Wildman–Crippen MR) is 203 cm³/mol. The predicted octanol–water partition coefficient (Wildman–Crippen LogP) is 6.32. The molecule has 1 fully saturated rings. The van der Waals surface area contributed by atoms with E-state index in [2.05, 4.69) is 10.1 Å². The topological polar surface area (TPSA) is 153 Å². The summed E-state index contributed by atoms with van der Waals surface area (Å²) in [6, 6.07) is 15.3. The molecule has 1 aliphatic heterocycles. The van der Waals surface area contributed by atoms with Gasteiger partial charge < -0.3 is 23.8 Å². The number of aromatic nitrogens is 3. The number of allylic oxidation sites excluding steroid dienone is 2. The van der Waals surface area contributed by atoms with E-state index in [0.717, 1.165) is 12.1 Å². The van der Waals surface area contributed by atoms with Crippen molar-refractivity contribution >= 4 is 29.8 Å². The molecule has 1 aromatic heterocycles. The van der Waals surface area contributed by atoms with Gasteiger partial charge >= 0.3 is 11.9 Å². The molecule has 0 bridgehead atoms. The van der Waals surface area contributed by atoms with Gasteiger partial charge in [-0.3, -0.25) is 4.79 Å². The number of carbonyl (C=O) groups excluding carboxylic acids is 2. The van der Waals surface area contributed by atoms with Gasteiger partial charge in [-0.15, -0.1) is 11.8 Å². The molecule has 57 heavy (non-hydrogen) atoms. The smallest absolute Gasteiger partial charge is 0.339 e. The van der Waals surface area contributed by atoms with Gasteiger partial charge in [0.15, 0.2) is 11.9 Å². The Morgan fingerprint density at radius 2 is 1.77 bits per heavy atom. The third-order valence-electron chi connectivity index (χ3n) is 8.87. The molecule has 16 heteroatoms. The number of benzene rings is 3. The Balaban J connectivity index is 1.39. The van der Waals surface area contributed by atoms with Crippen molar-refractivity contribution in [3.63, 3.8) is 0 Å². The van der Waals surface area contributed by atoms with Crippen LogP contribution in [-0.2, 0) is 42.5 Å². The van der Waals surface area contributed by atoms with Gasteiger partial charge in [-0.2, -0.15) is 15.6 Å². The molecule has 1 aliphatic rings. The zero-order valence-electron chi connectivity index (χ0n) is 31.3. The number of esters is 2. The first kappa shape index (κ1) is 42.4. The van der Waals surface area contributed by atoms with Crippen molar-refractivity contribution in [2.75, 3.05) is 33.9 Å². The summed E-state index contributed by atoms with van der Waals surface area (Å²) in [5, 5.41) is 21.7. The first-order valence-electron chi connectivity index (χ1n) is 17.7. The first-order chi connectivity index (χ1) is 27.4. The van der Waals surface area contributed by atoms with Gasteiger partial charge in [-0.25, -0.2) is 27.6 Å². The molecule has 2 atom stereocenters. The molecule has 3 aromatic carbocycles. The number of thioether (sulfide) groups is 1. The van der Waals surface area contributed by atoms with Crippen LogP contribution in [0.2, 0.25) is 0 Å². The number of hydrogen-bond donors (Lipinski definition) is 0. The van der Waals surface area contributed by atoms with E-state index >= 15 is 4.39 Å². The number of carbonyl (C=O) groups is 2. The summed E-state index contributed by atoms with van der Waals surface area (Å²) in [5.41, 5.74) is -1.23. The van der Waals surface area contributed by atoms with Crippen LogP contribution in [0, 0.1) is 40.1 Å². The van der Waals surface area contributed by atoms with Crippen LogP contribution in [0.25, 0.3) is 6.08 Å². The summed E-state index contributed by atoms with van der Waals surface area (Å²) in [6.07, 6.45) is 8.42. The number of halogens is 3. The SMILES string of the molecule is C[C@@H](SC1COC(/C=C/C=C/c2ccc(C#N)cc2F)OC1)[C@@](Cn1cncn1)(OC(=O)c1cc(C#N)ccc1COC(=O)CCN(C)C)c1ccc(F)cc1F. The quantitative estimate of drug-likeness (QED) is 0.0921. The van der Waals surface area contributed by atoms with Crippen LogP contribution >= 0.6 is 11.8 Å². The van der Waals surface area contributed by atoms with Gasteiger partial charge in [-0.1, -0.05) is 30.4 Å². The van der Waals surface area contributed by atoms with Crippen molar-refractivity contribution in [1.82, 2.24) is 19.7 Å². The molecule has 0 radical (unpaired) electrons. The first-order valence-corrected chi connectivity index (χ1v) is 18.6. The molecule has 2 heterocycles. The fourth-order valence-electron chi connectivity index (χ4n) is 5.85. The monoisotopic (exact) mass is 800 g/mol. The Labute approximate surface area is 332 Å². The molecular weight excluding hydrogens is 762 g/mol. The Morgan fingerprint density at radius 3 is 2.44 bits per heavy atom. The van der Waals surface area contributed by atoms with Crippen molar-refractivity contribution < 1.29 is 41.7 Å². The van der Waals surface area contributed by atoms with E-state index in [4.69, 9.17) is 24.2 Å². The van der Waals surface area contributed by atoms with Crippen molar-refractivity contribution in [1.29, 1.82) is 10.5 Å². The lowest BCUT2D eigenvalue weighted by atomic mass is 9.89. The molecule has 4 aromatic rings. The van der Waals surface area contributed by atoms with Crippen molar-refractivity contribution in [2.45, 2.75) is 48.9 Å². The highest BCUT2D eigenvalue weighted by atomic mass is 32.2. The second-order valence-electron chi connectivity index (χ2n) is 13.2. The molecule has 0 amide bonds. The lowest BCUT2D eigenvalue weighted by Gasteiger charge is -2.40. The third kappa shape index (κ3) is 11.4. The Hall–Kier alpha value is -5.78. The number of nitrogens with zero attached hydrogens (tertiary/aromatic N) is 6. The molecule has 0 spiro atoms. The number of rotatable bonds is 16.